The molecule has 0 saturated heterocycles. The average molecular weight is 243 g/mol. The summed E-state index contributed by atoms with van der Waals surface area (Å²) in [6, 6.07) is 13.3. The maximum atomic E-state index is 11.9. The van der Waals surface area contributed by atoms with Gasteiger partial charge in [-0.3, -0.25) is 4.79 Å². The van der Waals surface area contributed by atoms with Crippen molar-refractivity contribution in [1.82, 2.24) is 0 Å². The fourth-order valence-electron chi connectivity index (χ4n) is 1.55. The van der Waals surface area contributed by atoms with Gasteiger partial charge < -0.3 is 15.2 Å². The molecule has 0 saturated carbocycles. The summed E-state index contributed by atoms with van der Waals surface area (Å²) in [6.45, 7) is 0. The zero-order valence-corrected chi connectivity index (χ0v) is 9.88. The van der Waals surface area contributed by atoms with E-state index < -0.39 is 0 Å². The molecule has 0 bridgehead atoms. The predicted octanol–water partition coefficient (Wildman–Crippen LogP) is 2.65. The molecule has 2 rings (SSSR count). The molecule has 92 valence electrons. The second-order valence-electron chi connectivity index (χ2n) is 3.74. The summed E-state index contributed by atoms with van der Waals surface area (Å²) in [6.07, 6.45) is 0. The van der Waals surface area contributed by atoms with Crippen LogP contribution >= 0.6 is 0 Å². The van der Waals surface area contributed by atoms with E-state index in [-0.39, 0.29) is 11.7 Å². The zero-order valence-electron chi connectivity index (χ0n) is 9.88. The molecule has 0 fully saturated rings. The Hall–Kier alpha value is -2.49. The second-order valence-corrected chi connectivity index (χ2v) is 3.74. The van der Waals surface area contributed by atoms with Crippen LogP contribution in [0.25, 0.3) is 0 Å². The van der Waals surface area contributed by atoms with E-state index in [1.807, 2.05) is 0 Å². The fourth-order valence-corrected chi connectivity index (χ4v) is 1.55. The minimum absolute atomic E-state index is 0.0632. The van der Waals surface area contributed by atoms with Crippen molar-refractivity contribution in [2.24, 2.45) is 0 Å². The number of benzene rings is 2. The molecule has 4 heteroatoms. The first-order valence-corrected chi connectivity index (χ1v) is 5.43. The number of anilines is 1. The Morgan fingerprint density at radius 1 is 1.17 bits per heavy atom. The first kappa shape index (κ1) is 12.0. The Bertz CT molecular complexity index is 566. The van der Waals surface area contributed by atoms with E-state index in [1.165, 1.54) is 12.1 Å². The zero-order chi connectivity index (χ0) is 13.0. The van der Waals surface area contributed by atoms with Gasteiger partial charge in [0.25, 0.3) is 5.91 Å². The van der Waals surface area contributed by atoms with Crippen molar-refractivity contribution >= 4 is 11.6 Å². The summed E-state index contributed by atoms with van der Waals surface area (Å²) in [4.78, 5) is 11.9. The molecule has 0 aliphatic heterocycles. The molecule has 0 heterocycles. The number of rotatable bonds is 3. The molecule has 0 atom stereocenters. The summed E-state index contributed by atoms with van der Waals surface area (Å²) in [5.74, 6) is 0.455. The molecular weight excluding hydrogens is 230 g/mol. The van der Waals surface area contributed by atoms with Crippen molar-refractivity contribution in [3.63, 3.8) is 0 Å². The summed E-state index contributed by atoms with van der Waals surface area (Å²) >= 11 is 0. The number of ether oxygens (including phenoxy) is 1. The highest BCUT2D eigenvalue weighted by Crippen LogP contribution is 2.18. The molecule has 0 aliphatic rings. The second kappa shape index (κ2) is 5.23. The normalized spacial score (nSPS) is 9.83. The van der Waals surface area contributed by atoms with Gasteiger partial charge in [0, 0.05) is 17.3 Å². The van der Waals surface area contributed by atoms with Gasteiger partial charge >= 0.3 is 0 Å². The van der Waals surface area contributed by atoms with E-state index in [1.54, 1.807) is 43.5 Å². The van der Waals surface area contributed by atoms with Gasteiger partial charge in [-0.1, -0.05) is 12.1 Å². The van der Waals surface area contributed by atoms with E-state index in [0.29, 0.717) is 17.0 Å². The molecule has 0 aliphatic carbocycles. The fraction of sp³-hybridized carbons (Fsp3) is 0.0714. The van der Waals surface area contributed by atoms with Crippen LogP contribution in [0.3, 0.4) is 0 Å². The van der Waals surface area contributed by atoms with E-state index >= 15 is 0 Å². The SMILES string of the molecule is COc1cccc(NC(=O)c2cccc(O)c2)c1. The monoisotopic (exact) mass is 243 g/mol. The van der Waals surface area contributed by atoms with Gasteiger partial charge in [-0.05, 0) is 30.3 Å². The molecule has 2 aromatic rings. The van der Waals surface area contributed by atoms with Crippen molar-refractivity contribution in [2.45, 2.75) is 0 Å². The first-order valence-electron chi connectivity index (χ1n) is 5.43. The van der Waals surface area contributed by atoms with Crippen molar-refractivity contribution < 1.29 is 14.6 Å². The maximum Gasteiger partial charge on any atom is 0.255 e. The van der Waals surface area contributed by atoms with Crippen LogP contribution in [0.4, 0.5) is 5.69 Å². The molecule has 0 radical (unpaired) electrons. The molecule has 4 nitrogen and oxygen atoms in total. The average Bonchev–Trinajstić information content (AvgIpc) is 2.39. The minimum Gasteiger partial charge on any atom is -0.508 e. The third kappa shape index (κ3) is 2.79. The highest BCUT2D eigenvalue weighted by molar-refractivity contribution is 6.04. The highest BCUT2D eigenvalue weighted by atomic mass is 16.5. The van der Waals surface area contributed by atoms with Crippen LogP contribution in [-0.2, 0) is 0 Å². The molecule has 1 amide bonds. The third-order valence-corrected chi connectivity index (χ3v) is 2.44. The van der Waals surface area contributed by atoms with E-state index in [2.05, 4.69) is 5.32 Å². The number of aromatic hydroxyl groups is 1. The number of carbonyl (C=O) groups excluding carboxylic acids is 1. The Morgan fingerprint density at radius 3 is 2.67 bits per heavy atom. The van der Waals surface area contributed by atoms with Gasteiger partial charge in [-0.25, -0.2) is 0 Å². The Kier molecular flexibility index (Phi) is 3.48. The molecule has 2 N–H and O–H groups in total. The van der Waals surface area contributed by atoms with Crippen LogP contribution in [0.2, 0.25) is 0 Å². The lowest BCUT2D eigenvalue weighted by Crippen LogP contribution is -2.11. The van der Waals surface area contributed by atoms with Crippen molar-refractivity contribution in [3.05, 3.63) is 54.1 Å². The number of methoxy groups -OCH3 is 1. The van der Waals surface area contributed by atoms with Gasteiger partial charge in [-0.15, -0.1) is 0 Å². The summed E-state index contributed by atoms with van der Waals surface area (Å²) in [5, 5.41) is 12.0. The van der Waals surface area contributed by atoms with Crippen LogP contribution in [0.5, 0.6) is 11.5 Å². The smallest absolute Gasteiger partial charge is 0.255 e. The standard InChI is InChI=1S/C14H13NO3/c1-18-13-7-3-5-11(9-13)15-14(17)10-4-2-6-12(16)8-10/h2-9,16H,1H3,(H,15,17). The topological polar surface area (TPSA) is 58.6 Å². The lowest BCUT2D eigenvalue weighted by atomic mass is 10.2. The highest BCUT2D eigenvalue weighted by Gasteiger charge is 2.06. The summed E-state index contributed by atoms with van der Waals surface area (Å²) in [7, 11) is 1.57. The Morgan fingerprint density at radius 2 is 1.94 bits per heavy atom. The van der Waals surface area contributed by atoms with Crippen LogP contribution < -0.4 is 10.1 Å². The summed E-state index contributed by atoms with van der Waals surface area (Å²) in [5.41, 5.74) is 1.04. The van der Waals surface area contributed by atoms with Crippen molar-refractivity contribution in [3.8, 4) is 11.5 Å². The summed E-state index contributed by atoms with van der Waals surface area (Å²) < 4.78 is 5.07. The molecular formula is C14H13NO3. The molecule has 0 unspecified atom stereocenters. The van der Waals surface area contributed by atoms with Crippen LogP contribution in [0.15, 0.2) is 48.5 Å². The number of amides is 1. The van der Waals surface area contributed by atoms with E-state index in [9.17, 15) is 9.90 Å². The maximum absolute atomic E-state index is 11.9. The molecule has 18 heavy (non-hydrogen) atoms. The number of hydrogen-bond acceptors (Lipinski definition) is 3. The number of hydrogen-bond donors (Lipinski definition) is 2. The number of phenols is 1. The van der Waals surface area contributed by atoms with Gasteiger partial charge in [0.1, 0.15) is 11.5 Å². The Labute approximate surface area is 105 Å². The predicted molar refractivity (Wildman–Crippen MR) is 69.1 cm³/mol. The quantitative estimate of drug-likeness (QED) is 0.871. The molecule has 0 spiro atoms. The van der Waals surface area contributed by atoms with Gasteiger partial charge in [0.2, 0.25) is 0 Å². The number of nitrogens with one attached hydrogen (secondary N) is 1. The number of phenolic OH excluding ortho intramolecular Hbond substituents is 1. The van der Waals surface area contributed by atoms with Crippen molar-refractivity contribution in [1.29, 1.82) is 0 Å². The number of carbonyl (C=O) groups is 1. The van der Waals surface area contributed by atoms with Crippen LogP contribution in [0.1, 0.15) is 10.4 Å². The minimum atomic E-state index is -0.279. The first-order chi connectivity index (χ1) is 8.69. The third-order valence-electron chi connectivity index (χ3n) is 2.44. The van der Waals surface area contributed by atoms with E-state index in [4.69, 9.17) is 4.74 Å². The largest absolute Gasteiger partial charge is 0.508 e. The van der Waals surface area contributed by atoms with Gasteiger partial charge in [0.15, 0.2) is 0 Å². The van der Waals surface area contributed by atoms with Gasteiger partial charge in [0.05, 0.1) is 7.11 Å². The van der Waals surface area contributed by atoms with Gasteiger partial charge in [-0.2, -0.15) is 0 Å². The molecule has 0 aromatic heterocycles. The van der Waals surface area contributed by atoms with Crippen LogP contribution in [-0.4, -0.2) is 18.1 Å². The molecule has 2 aromatic carbocycles. The lowest BCUT2D eigenvalue weighted by molar-refractivity contribution is 0.102. The lowest BCUT2D eigenvalue weighted by Gasteiger charge is -2.07. The van der Waals surface area contributed by atoms with Crippen LogP contribution in [0, 0.1) is 0 Å². The van der Waals surface area contributed by atoms with E-state index in [0.717, 1.165) is 0 Å². The van der Waals surface area contributed by atoms with Crippen molar-refractivity contribution in [2.75, 3.05) is 12.4 Å². The Balaban J connectivity index is 2.16.